The van der Waals surface area contributed by atoms with Crippen molar-refractivity contribution in [2.45, 2.75) is 0 Å². The van der Waals surface area contributed by atoms with E-state index in [1.165, 1.54) is 24.3 Å². The molecule has 0 saturated carbocycles. The molecule has 0 aliphatic rings. The van der Waals surface area contributed by atoms with Crippen molar-refractivity contribution in [3.05, 3.63) is 71.9 Å². The van der Waals surface area contributed by atoms with Crippen LogP contribution in [0.4, 0.5) is 20.6 Å². The van der Waals surface area contributed by atoms with Crippen molar-refractivity contribution in [1.82, 2.24) is 0 Å². The van der Waals surface area contributed by atoms with Gasteiger partial charge in [0.25, 0.3) is 0 Å². The Bertz CT molecular complexity index is 770. The van der Waals surface area contributed by atoms with Gasteiger partial charge in [-0.25, -0.2) is 9.18 Å². The fourth-order valence-electron chi connectivity index (χ4n) is 2.02. The fraction of sp³-hybridized carbons (Fsp3) is 0. The van der Waals surface area contributed by atoms with Crippen LogP contribution in [0.5, 0.6) is 0 Å². The number of hydrogen-bond donors (Lipinski definition) is 2. The predicted molar refractivity (Wildman–Crippen MR) is 88.8 cm³/mol. The zero-order chi connectivity index (χ0) is 15.4. The number of anilines is 2. The van der Waals surface area contributed by atoms with Gasteiger partial charge in [-0.05, 0) is 53.4 Å². The summed E-state index contributed by atoms with van der Waals surface area (Å²) in [6.07, 6.45) is 0. The molecule has 0 spiro atoms. The van der Waals surface area contributed by atoms with Crippen molar-refractivity contribution in [3.63, 3.8) is 0 Å². The number of rotatable bonds is 3. The first kappa shape index (κ1) is 14.3. The Morgan fingerprint density at radius 3 is 2.41 bits per heavy atom. The van der Waals surface area contributed by atoms with Crippen molar-refractivity contribution < 1.29 is 9.18 Å². The molecule has 0 bridgehead atoms. The van der Waals surface area contributed by atoms with E-state index in [9.17, 15) is 9.18 Å². The smallest absolute Gasteiger partial charge is 0.308 e. The van der Waals surface area contributed by atoms with Gasteiger partial charge in [-0.3, -0.25) is 0 Å². The Labute approximate surface area is 131 Å². The third-order valence-electron chi connectivity index (χ3n) is 3.03. The van der Waals surface area contributed by atoms with Crippen LogP contribution in [-0.2, 0) is 0 Å². The van der Waals surface area contributed by atoms with E-state index in [0.29, 0.717) is 11.4 Å². The van der Waals surface area contributed by atoms with Crippen LogP contribution >= 0.6 is 11.3 Å². The van der Waals surface area contributed by atoms with E-state index in [1.807, 2.05) is 41.8 Å². The van der Waals surface area contributed by atoms with Crippen LogP contribution < -0.4 is 10.6 Å². The summed E-state index contributed by atoms with van der Waals surface area (Å²) in [6.45, 7) is 0. The van der Waals surface area contributed by atoms with E-state index in [1.54, 1.807) is 11.3 Å². The Hall–Kier alpha value is -2.66. The molecule has 1 aromatic heterocycles. The third-order valence-corrected chi connectivity index (χ3v) is 3.95. The second kappa shape index (κ2) is 6.41. The van der Waals surface area contributed by atoms with Crippen molar-refractivity contribution in [2.75, 3.05) is 10.6 Å². The highest BCUT2D eigenvalue weighted by molar-refractivity contribution is 7.13. The first-order valence-corrected chi connectivity index (χ1v) is 7.56. The molecule has 22 heavy (non-hydrogen) atoms. The Morgan fingerprint density at radius 2 is 1.68 bits per heavy atom. The van der Waals surface area contributed by atoms with E-state index < -0.39 is 0 Å². The van der Waals surface area contributed by atoms with Crippen LogP contribution in [0.3, 0.4) is 0 Å². The van der Waals surface area contributed by atoms with Crippen molar-refractivity contribution >= 4 is 28.7 Å². The predicted octanol–water partition coefficient (Wildman–Crippen LogP) is 5.20. The molecule has 0 aliphatic carbocycles. The number of amides is 2. The molecule has 110 valence electrons. The Kier molecular flexibility index (Phi) is 4.16. The van der Waals surface area contributed by atoms with E-state index in [2.05, 4.69) is 10.6 Å². The Morgan fingerprint density at radius 1 is 0.909 bits per heavy atom. The zero-order valence-corrected chi connectivity index (χ0v) is 12.4. The van der Waals surface area contributed by atoms with Crippen molar-refractivity contribution in [2.24, 2.45) is 0 Å². The molecular weight excluding hydrogens is 299 g/mol. The van der Waals surface area contributed by atoms with Crippen LogP contribution in [-0.4, -0.2) is 6.03 Å². The van der Waals surface area contributed by atoms with Gasteiger partial charge in [0.05, 0.1) is 0 Å². The lowest BCUT2D eigenvalue weighted by molar-refractivity contribution is 0.262. The highest BCUT2D eigenvalue weighted by atomic mass is 32.1. The number of carbonyl (C=O) groups is 1. The van der Waals surface area contributed by atoms with Crippen LogP contribution in [0.15, 0.2) is 66.0 Å². The lowest BCUT2D eigenvalue weighted by atomic mass is 10.1. The third kappa shape index (κ3) is 3.51. The first-order valence-electron chi connectivity index (χ1n) is 6.68. The number of thiophene rings is 1. The molecule has 0 radical (unpaired) electrons. The van der Waals surface area contributed by atoms with Crippen LogP contribution in [0.2, 0.25) is 0 Å². The number of nitrogens with one attached hydrogen (secondary N) is 2. The van der Waals surface area contributed by atoms with Crippen LogP contribution in [0.1, 0.15) is 0 Å². The molecule has 2 aromatic carbocycles. The van der Waals surface area contributed by atoms with Crippen LogP contribution in [0.25, 0.3) is 10.4 Å². The van der Waals surface area contributed by atoms with Gasteiger partial charge in [0.15, 0.2) is 0 Å². The molecule has 0 saturated heterocycles. The van der Waals surface area contributed by atoms with Gasteiger partial charge >= 0.3 is 6.03 Å². The summed E-state index contributed by atoms with van der Waals surface area (Å²) < 4.78 is 12.8. The van der Waals surface area contributed by atoms with Crippen molar-refractivity contribution in [1.29, 1.82) is 0 Å². The standard InChI is InChI=1S/C17H13FN2OS/c18-13-6-8-14(9-7-13)19-17(21)20-15-4-1-3-12(11-15)16-5-2-10-22-16/h1-11H,(H2,19,20,21). The summed E-state index contributed by atoms with van der Waals surface area (Å²) in [4.78, 5) is 13.1. The molecule has 0 unspecified atom stereocenters. The number of carbonyl (C=O) groups excluding carboxylic acids is 1. The second-order valence-electron chi connectivity index (χ2n) is 4.64. The van der Waals surface area contributed by atoms with Gasteiger partial charge < -0.3 is 10.6 Å². The van der Waals surface area contributed by atoms with Gasteiger partial charge in [0, 0.05) is 16.3 Å². The summed E-state index contributed by atoms with van der Waals surface area (Å²) in [7, 11) is 0. The minimum absolute atomic E-state index is 0.338. The van der Waals surface area contributed by atoms with Gasteiger partial charge in [-0.1, -0.05) is 18.2 Å². The number of halogens is 1. The lowest BCUT2D eigenvalue weighted by Gasteiger charge is -2.08. The van der Waals surface area contributed by atoms with E-state index in [-0.39, 0.29) is 11.8 Å². The summed E-state index contributed by atoms with van der Waals surface area (Å²) in [6, 6.07) is 16.9. The molecule has 2 amide bonds. The average Bonchev–Trinajstić information content (AvgIpc) is 3.04. The molecule has 0 aliphatic heterocycles. The van der Waals surface area contributed by atoms with E-state index in [4.69, 9.17) is 0 Å². The SMILES string of the molecule is O=C(Nc1ccc(F)cc1)Nc1cccc(-c2cccs2)c1. The first-order chi connectivity index (χ1) is 10.7. The molecule has 3 aromatic rings. The monoisotopic (exact) mass is 312 g/mol. The van der Waals surface area contributed by atoms with Crippen LogP contribution in [0, 0.1) is 5.82 Å². The fourth-order valence-corrected chi connectivity index (χ4v) is 2.74. The zero-order valence-electron chi connectivity index (χ0n) is 11.5. The largest absolute Gasteiger partial charge is 0.323 e. The minimum Gasteiger partial charge on any atom is -0.308 e. The van der Waals surface area contributed by atoms with Crippen molar-refractivity contribution in [3.8, 4) is 10.4 Å². The topological polar surface area (TPSA) is 41.1 Å². The molecule has 0 atom stereocenters. The normalized spacial score (nSPS) is 10.2. The maximum absolute atomic E-state index is 12.8. The Balaban J connectivity index is 1.69. The molecule has 0 fully saturated rings. The van der Waals surface area contributed by atoms with Gasteiger partial charge in [0.2, 0.25) is 0 Å². The maximum Gasteiger partial charge on any atom is 0.323 e. The molecule has 2 N–H and O–H groups in total. The quantitative estimate of drug-likeness (QED) is 0.686. The number of benzene rings is 2. The molecule has 1 heterocycles. The second-order valence-corrected chi connectivity index (χ2v) is 5.59. The highest BCUT2D eigenvalue weighted by Crippen LogP contribution is 2.26. The summed E-state index contributed by atoms with van der Waals surface area (Å²) in [5.74, 6) is -0.338. The summed E-state index contributed by atoms with van der Waals surface area (Å²) in [5, 5.41) is 7.44. The van der Waals surface area contributed by atoms with E-state index >= 15 is 0 Å². The lowest BCUT2D eigenvalue weighted by Crippen LogP contribution is -2.19. The molecule has 3 nitrogen and oxygen atoms in total. The van der Waals surface area contributed by atoms with Gasteiger partial charge in [-0.15, -0.1) is 11.3 Å². The number of hydrogen-bond acceptors (Lipinski definition) is 2. The van der Waals surface area contributed by atoms with Gasteiger partial charge in [0.1, 0.15) is 5.82 Å². The average molecular weight is 312 g/mol. The van der Waals surface area contributed by atoms with E-state index in [0.717, 1.165) is 10.4 Å². The number of urea groups is 1. The molecule has 3 rings (SSSR count). The molecule has 5 heteroatoms. The van der Waals surface area contributed by atoms with Gasteiger partial charge in [-0.2, -0.15) is 0 Å². The summed E-state index contributed by atoms with van der Waals surface area (Å²) >= 11 is 1.64. The highest BCUT2D eigenvalue weighted by Gasteiger charge is 2.05. The maximum atomic E-state index is 12.8. The molecular formula is C17H13FN2OS. The minimum atomic E-state index is -0.366. The summed E-state index contributed by atoms with van der Waals surface area (Å²) in [5.41, 5.74) is 2.29.